The summed E-state index contributed by atoms with van der Waals surface area (Å²) in [5.74, 6) is 2.83. The van der Waals surface area contributed by atoms with Gasteiger partial charge in [0.1, 0.15) is 11.9 Å². The minimum absolute atomic E-state index is 0. The smallest absolute Gasteiger partial charge is 0.225 e. The van der Waals surface area contributed by atoms with E-state index in [0.29, 0.717) is 0 Å². The molecule has 4 rings (SSSR count). The van der Waals surface area contributed by atoms with Gasteiger partial charge in [0.15, 0.2) is 5.96 Å². The topological polar surface area (TPSA) is 69.1 Å². The molecule has 1 aromatic carbocycles. The van der Waals surface area contributed by atoms with E-state index in [0.717, 1.165) is 89.4 Å². The number of likely N-dealkylation sites (tertiary alicyclic amines) is 1. The van der Waals surface area contributed by atoms with Gasteiger partial charge in [0.2, 0.25) is 5.95 Å². The summed E-state index contributed by atoms with van der Waals surface area (Å²) in [6.07, 6.45) is 5.93. The number of aliphatic imine (C=N–C) groups is 1. The molecule has 8 nitrogen and oxygen atoms in total. The van der Waals surface area contributed by atoms with Crippen molar-refractivity contribution in [1.82, 2.24) is 25.1 Å². The molecule has 33 heavy (non-hydrogen) atoms. The zero-order chi connectivity index (χ0) is 22.0. The van der Waals surface area contributed by atoms with Crippen LogP contribution in [0.1, 0.15) is 19.8 Å². The van der Waals surface area contributed by atoms with Gasteiger partial charge in [-0.2, -0.15) is 0 Å². The van der Waals surface area contributed by atoms with Gasteiger partial charge in [-0.05, 0) is 25.1 Å². The maximum atomic E-state index is 6.14. The maximum absolute atomic E-state index is 6.14. The lowest BCUT2D eigenvalue weighted by molar-refractivity contribution is 0.129. The number of hydrogen-bond donors (Lipinski definition) is 1. The average Bonchev–Trinajstić information content (AvgIpc) is 2.86. The number of piperidine rings is 1. The van der Waals surface area contributed by atoms with Crippen molar-refractivity contribution in [1.29, 1.82) is 0 Å². The Morgan fingerprint density at radius 3 is 2.36 bits per heavy atom. The largest absolute Gasteiger partial charge is 0.490 e. The number of para-hydroxylation sites is 1. The maximum Gasteiger partial charge on any atom is 0.225 e. The Bertz CT molecular complexity index is 823. The van der Waals surface area contributed by atoms with E-state index in [1.54, 1.807) is 0 Å². The van der Waals surface area contributed by atoms with Crippen LogP contribution in [0.25, 0.3) is 0 Å². The first-order valence-corrected chi connectivity index (χ1v) is 11.8. The molecule has 2 aliphatic rings. The van der Waals surface area contributed by atoms with E-state index in [-0.39, 0.29) is 30.1 Å². The van der Waals surface area contributed by atoms with Crippen molar-refractivity contribution in [3.8, 4) is 5.75 Å². The molecule has 0 spiro atoms. The Hall–Kier alpha value is -2.14. The number of anilines is 1. The van der Waals surface area contributed by atoms with E-state index >= 15 is 0 Å². The number of ether oxygens (including phenoxy) is 1. The van der Waals surface area contributed by atoms with Crippen molar-refractivity contribution in [2.24, 2.45) is 4.99 Å². The van der Waals surface area contributed by atoms with E-state index in [2.05, 4.69) is 36.9 Å². The highest BCUT2D eigenvalue weighted by atomic mass is 127. The highest BCUT2D eigenvalue weighted by molar-refractivity contribution is 14.0. The highest BCUT2D eigenvalue weighted by Crippen LogP contribution is 2.18. The normalized spacial score (nSPS) is 18.0. The van der Waals surface area contributed by atoms with Crippen LogP contribution in [-0.4, -0.2) is 90.7 Å². The Labute approximate surface area is 214 Å². The third-order valence-corrected chi connectivity index (χ3v) is 6.01. The van der Waals surface area contributed by atoms with Crippen LogP contribution >= 0.6 is 24.0 Å². The minimum Gasteiger partial charge on any atom is -0.490 e. The zero-order valence-corrected chi connectivity index (χ0v) is 21.8. The quantitative estimate of drug-likeness (QED) is 0.315. The summed E-state index contributed by atoms with van der Waals surface area (Å²) in [7, 11) is 0. The Kier molecular flexibility index (Phi) is 10.5. The molecule has 3 heterocycles. The van der Waals surface area contributed by atoms with E-state index in [4.69, 9.17) is 9.73 Å². The summed E-state index contributed by atoms with van der Waals surface area (Å²) in [6.45, 7) is 10.7. The standard InChI is InChI=1S/C24H35N7O.HI/c1-2-25-23(30-14-9-22(10-15-30)32-21-7-4-3-5-8-21)28-13-16-29-17-19-31(20-18-29)24-26-11-6-12-27-24;/h3-8,11-12,22H,2,9-10,13-20H2,1H3,(H,25,28);1H. The van der Waals surface area contributed by atoms with Crippen LogP contribution in [0.5, 0.6) is 5.75 Å². The third-order valence-electron chi connectivity index (χ3n) is 6.01. The summed E-state index contributed by atoms with van der Waals surface area (Å²) < 4.78 is 6.14. The SMILES string of the molecule is CCNC(=NCCN1CCN(c2ncccn2)CC1)N1CCC(Oc2ccccc2)CC1.I. The number of benzene rings is 1. The molecule has 1 N–H and O–H groups in total. The minimum atomic E-state index is 0. The molecular formula is C24H36IN7O. The molecule has 1 aromatic heterocycles. The van der Waals surface area contributed by atoms with E-state index in [9.17, 15) is 0 Å². The van der Waals surface area contributed by atoms with Gasteiger partial charge in [-0.15, -0.1) is 24.0 Å². The van der Waals surface area contributed by atoms with Crippen molar-refractivity contribution in [2.45, 2.75) is 25.9 Å². The zero-order valence-electron chi connectivity index (χ0n) is 19.5. The van der Waals surface area contributed by atoms with E-state index in [1.807, 2.05) is 48.8 Å². The Morgan fingerprint density at radius 2 is 1.70 bits per heavy atom. The molecule has 9 heteroatoms. The van der Waals surface area contributed by atoms with Crippen LogP contribution in [-0.2, 0) is 0 Å². The van der Waals surface area contributed by atoms with Crippen LogP contribution in [0.15, 0.2) is 53.8 Å². The summed E-state index contributed by atoms with van der Waals surface area (Å²) in [5.41, 5.74) is 0. The average molecular weight is 566 g/mol. The van der Waals surface area contributed by atoms with Gasteiger partial charge in [0.25, 0.3) is 0 Å². The molecule has 180 valence electrons. The lowest BCUT2D eigenvalue weighted by Gasteiger charge is -2.35. The fraction of sp³-hybridized carbons (Fsp3) is 0.542. The third kappa shape index (κ3) is 7.70. The van der Waals surface area contributed by atoms with Crippen molar-refractivity contribution in [3.63, 3.8) is 0 Å². The predicted octanol–water partition coefficient (Wildman–Crippen LogP) is 2.73. The first-order chi connectivity index (χ1) is 15.8. The first-order valence-electron chi connectivity index (χ1n) is 11.8. The number of halogens is 1. The molecule has 0 aliphatic carbocycles. The summed E-state index contributed by atoms with van der Waals surface area (Å²) in [5, 5.41) is 3.47. The molecule has 0 unspecified atom stereocenters. The molecule has 0 amide bonds. The Morgan fingerprint density at radius 1 is 1.00 bits per heavy atom. The Balaban J connectivity index is 0.00000306. The van der Waals surface area contributed by atoms with E-state index < -0.39 is 0 Å². The van der Waals surface area contributed by atoms with Gasteiger partial charge in [-0.3, -0.25) is 9.89 Å². The van der Waals surface area contributed by atoms with Crippen molar-refractivity contribution >= 4 is 35.9 Å². The summed E-state index contributed by atoms with van der Waals surface area (Å²) in [6, 6.07) is 12.0. The number of nitrogens with zero attached hydrogens (tertiary/aromatic N) is 6. The van der Waals surface area contributed by atoms with Crippen molar-refractivity contribution in [2.75, 3.05) is 63.8 Å². The van der Waals surface area contributed by atoms with Crippen LogP contribution in [0.2, 0.25) is 0 Å². The first kappa shape index (κ1) is 25.5. The molecule has 2 saturated heterocycles. The second-order valence-electron chi connectivity index (χ2n) is 8.23. The van der Waals surface area contributed by atoms with Crippen molar-refractivity contribution < 1.29 is 4.74 Å². The van der Waals surface area contributed by atoms with Gasteiger partial charge in [-0.1, -0.05) is 18.2 Å². The number of guanidine groups is 1. The van der Waals surface area contributed by atoms with E-state index in [1.165, 1.54) is 0 Å². The molecular weight excluding hydrogens is 529 g/mol. The molecule has 2 fully saturated rings. The van der Waals surface area contributed by atoms with Crippen LogP contribution in [0, 0.1) is 0 Å². The second kappa shape index (κ2) is 13.5. The van der Waals surface area contributed by atoms with Gasteiger partial charge in [0, 0.05) is 77.6 Å². The lowest BCUT2D eigenvalue weighted by atomic mass is 10.1. The lowest BCUT2D eigenvalue weighted by Crippen LogP contribution is -2.49. The summed E-state index contributed by atoms with van der Waals surface area (Å²) >= 11 is 0. The van der Waals surface area contributed by atoms with Crippen LogP contribution in [0.3, 0.4) is 0 Å². The van der Waals surface area contributed by atoms with Gasteiger partial charge in [-0.25, -0.2) is 9.97 Å². The molecule has 2 aliphatic heterocycles. The fourth-order valence-electron chi connectivity index (χ4n) is 4.23. The van der Waals surface area contributed by atoms with Gasteiger partial charge < -0.3 is 19.9 Å². The second-order valence-corrected chi connectivity index (χ2v) is 8.23. The predicted molar refractivity (Wildman–Crippen MR) is 144 cm³/mol. The fourth-order valence-corrected chi connectivity index (χ4v) is 4.23. The molecule has 0 bridgehead atoms. The number of aromatic nitrogens is 2. The molecule has 0 saturated carbocycles. The number of piperazine rings is 1. The van der Waals surface area contributed by atoms with Crippen LogP contribution < -0.4 is 15.0 Å². The number of rotatable bonds is 7. The molecule has 2 aromatic rings. The van der Waals surface area contributed by atoms with Crippen LogP contribution in [0.4, 0.5) is 5.95 Å². The van der Waals surface area contributed by atoms with Gasteiger partial charge >= 0.3 is 0 Å². The number of hydrogen-bond acceptors (Lipinski definition) is 6. The van der Waals surface area contributed by atoms with Crippen molar-refractivity contribution in [3.05, 3.63) is 48.8 Å². The molecule has 0 radical (unpaired) electrons. The monoisotopic (exact) mass is 565 g/mol. The number of nitrogens with one attached hydrogen (secondary N) is 1. The molecule has 0 atom stereocenters. The summed E-state index contributed by atoms with van der Waals surface area (Å²) in [4.78, 5) is 20.8. The highest BCUT2D eigenvalue weighted by Gasteiger charge is 2.23. The van der Waals surface area contributed by atoms with Gasteiger partial charge in [0.05, 0.1) is 6.54 Å².